The molecule has 0 amide bonds. The Balaban J connectivity index is 2.06. The van der Waals surface area contributed by atoms with Gasteiger partial charge in [0, 0.05) is 6.54 Å². The predicted octanol–water partition coefficient (Wildman–Crippen LogP) is 3.10. The van der Waals surface area contributed by atoms with E-state index >= 15 is 0 Å². The summed E-state index contributed by atoms with van der Waals surface area (Å²) in [6.45, 7) is -1.67. The van der Waals surface area contributed by atoms with Crippen molar-refractivity contribution in [3.05, 3.63) is 28.2 Å². The fourth-order valence-electron chi connectivity index (χ4n) is 2.36. The molecule has 0 spiro atoms. The molecule has 1 aromatic carbocycles. The molecule has 1 aliphatic heterocycles. The van der Waals surface area contributed by atoms with Crippen LogP contribution in [0.4, 0.5) is 8.78 Å². The average molecular weight is 350 g/mol. The maximum absolute atomic E-state index is 12.2. The van der Waals surface area contributed by atoms with E-state index < -0.39 is 18.6 Å². The number of ether oxygens (including phenoxy) is 1. The van der Waals surface area contributed by atoms with Crippen molar-refractivity contribution < 1.29 is 23.4 Å². The summed E-state index contributed by atoms with van der Waals surface area (Å²) in [5.41, 5.74) is 0.853. The molecule has 1 heterocycles. The molecule has 4 nitrogen and oxygen atoms in total. The first-order valence-electron chi connectivity index (χ1n) is 6.17. The van der Waals surface area contributed by atoms with Crippen molar-refractivity contribution >= 4 is 21.9 Å². The molecule has 1 fully saturated rings. The third-order valence-corrected chi connectivity index (χ3v) is 3.87. The molecule has 2 rings (SSSR count). The van der Waals surface area contributed by atoms with E-state index in [2.05, 4.69) is 20.7 Å². The lowest BCUT2D eigenvalue weighted by atomic mass is 10.2. The van der Waals surface area contributed by atoms with E-state index in [0.717, 1.165) is 18.5 Å². The van der Waals surface area contributed by atoms with Crippen LogP contribution in [0.15, 0.2) is 22.7 Å². The molecule has 1 saturated heterocycles. The van der Waals surface area contributed by atoms with Crippen molar-refractivity contribution in [2.45, 2.75) is 32.0 Å². The minimum absolute atomic E-state index is 0.0694. The van der Waals surface area contributed by atoms with Gasteiger partial charge < -0.3 is 9.84 Å². The first kappa shape index (κ1) is 15.2. The first-order chi connectivity index (χ1) is 9.47. The molecule has 1 aliphatic rings. The van der Waals surface area contributed by atoms with E-state index in [1.54, 1.807) is 12.1 Å². The van der Waals surface area contributed by atoms with Crippen molar-refractivity contribution in [2.75, 3.05) is 6.54 Å². The largest absolute Gasteiger partial charge is 0.480 e. The van der Waals surface area contributed by atoms with Crippen LogP contribution in [0.25, 0.3) is 0 Å². The normalized spacial score (nSPS) is 19.5. The van der Waals surface area contributed by atoms with E-state index in [-0.39, 0.29) is 5.75 Å². The second kappa shape index (κ2) is 6.49. The van der Waals surface area contributed by atoms with Crippen LogP contribution in [-0.2, 0) is 11.3 Å². The van der Waals surface area contributed by atoms with Crippen molar-refractivity contribution in [1.29, 1.82) is 0 Å². The number of carboxylic acid groups (broad SMARTS) is 1. The maximum atomic E-state index is 12.2. The van der Waals surface area contributed by atoms with Gasteiger partial charge in [-0.25, -0.2) is 0 Å². The zero-order valence-corrected chi connectivity index (χ0v) is 12.1. The van der Waals surface area contributed by atoms with E-state index in [1.807, 2.05) is 4.90 Å². The summed E-state index contributed by atoms with van der Waals surface area (Å²) < 4.78 is 29.1. The molecule has 0 saturated carbocycles. The summed E-state index contributed by atoms with van der Waals surface area (Å²) >= 11 is 3.18. The molecule has 0 bridgehead atoms. The molecule has 0 radical (unpaired) electrons. The monoisotopic (exact) mass is 349 g/mol. The van der Waals surface area contributed by atoms with Crippen LogP contribution >= 0.6 is 15.9 Å². The van der Waals surface area contributed by atoms with Crippen molar-refractivity contribution in [1.82, 2.24) is 4.90 Å². The van der Waals surface area contributed by atoms with Crippen LogP contribution in [0.3, 0.4) is 0 Å². The lowest BCUT2D eigenvalue weighted by Gasteiger charge is -2.21. The number of carbonyl (C=O) groups is 1. The lowest BCUT2D eigenvalue weighted by molar-refractivity contribution is -0.142. The van der Waals surface area contributed by atoms with E-state index in [1.165, 1.54) is 6.07 Å². The highest BCUT2D eigenvalue weighted by atomic mass is 79.9. The molecule has 0 aliphatic carbocycles. The standard InChI is InChI=1S/C13H14BrF2NO3/c14-9-6-8(3-4-11(9)20-13(15)16)7-17-5-1-2-10(17)12(18)19/h3-4,6,10,13H,1-2,5,7H2,(H,18,19)/t10-/m0/s1. The van der Waals surface area contributed by atoms with Gasteiger partial charge >= 0.3 is 12.6 Å². The van der Waals surface area contributed by atoms with Gasteiger partial charge in [0.05, 0.1) is 4.47 Å². The summed E-state index contributed by atoms with van der Waals surface area (Å²) in [5, 5.41) is 9.11. The number of benzene rings is 1. The minimum Gasteiger partial charge on any atom is -0.480 e. The van der Waals surface area contributed by atoms with Gasteiger partial charge in [0.15, 0.2) is 0 Å². The number of alkyl halides is 2. The zero-order chi connectivity index (χ0) is 14.7. The van der Waals surface area contributed by atoms with Gasteiger partial charge in [0.2, 0.25) is 0 Å². The van der Waals surface area contributed by atoms with Gasteiger partial charge in [0.25, 0.3) is 0 Å². The summed E-state index contributed by atoms with van der Waals surface area (Å²) in [5.74, 6) is -0.751. The highest BCUT2D eigenvalue weighted by molar-refractivity contribution is 9.10. The third-order valence-electron chi connectivity index (χ3n) is 3.25. The highest BCUT2D eigenvalue weighted by Gasteiger charge is 2.30. The number of aliphatic carboxylic acids is 1. The van der Waals surface area contributed by atoms with Gasteiger partial charge in [-0.2, -0.15) is 8.78 Å². The van der Waals surface area contributed by atoms with Gasteiger partial charge in [-0.1, -0.05) is 6.07 Å². The number of rotatable bonds is 5. The highest BCUT2D eigenvalue weighted by Crippen LogP contribution is 2.29. The number of hydrogen-bond acceptors (Lipinski definition) is 3. The van der Waals surface area contributed by atoms with Crippen LogP contribution in [0, 0.1) is 0 Å². The van der Waals surface area contributed by atoms with Crippen molar-refractivity contribution in [3.63, 3.8) is 0 Å². The van der Waals surface area contributed by atoms with Crippen LogP contribution in [0.1, 0.15) is 18.4 Å². The molecular weight excluding hydrogens is 336 g/mol. The van der Waals surface area contributed by atoms with E-state index in [4.69, 9.17) is 5.11 Å². The Morgan fingerprint density at radius 1 is 1.55 bits per heavy atom. The average Bonchev–Trinajstić information content (AvgIpc) is 2.80. The summed E-state index contributed by atoms with van der Waals surface area (Å²) in [6.07, 6.45) is 1.49. The van der Waals surface area contributed by atoms with E-state index in [9.17, 15) is 13.6 Å². The second-order valence-corrected chi connectivity index (χ2v) is 5.46. The lowest BCUT2D eigenvalue weighted by Crippen LogP contribution is -2.35. The second-order valence-electron chi connectivity index (χ2n) is 4.61. The molecular formula is C13H14BrF2NO3. The number of carboxylic acids is 1. The maximum Gasteiger partial charge on any atom is 0.387 e. The molecule has 1 aromatic rings. The van der Waals surface area contributed by atoms with Crippen molar-refractivity contribution in [3.8, 4) is 5.75 Å². The molecule has 1 N–H and O–H groups in total. The number of halogens is 3. The Morgan fingerprint density at radius 3 is 2.90 bits per heavy atom. The number of hydrogen-bond donors (Lipinski definition) is 1. The Labute approximate surface area is 123 Å². The molecule has 7 heteroatoms. The molecule has 20 heavy (non-hydrogen) atoms. The topological polar surface area (TPSA) is 49.8 Å². The van der Waals surface area contributed by atoms with Crippen LogP contribution < -0.4 is 4.74 Å². The van der Waals surface area contributed by atoms with Gasteiger partial charge in [0.1, 0.15) is 11.8 Å². The zero-order valence-electron chi connectivity index (χ0n) is 10.6. The Morgan fingerprint density at radius 2 is 2.30 bits per heavy atom. The van der Waals surface area contributed by atoms with Gasteiger partial charge in [-0.15, -0.1) is 0 Å². The van der Waals surface area contributed by atoms with Crippen molar-refractivity contribution in [2.24, 2.45) is 0 Å². The summed E-state index contributed by atoms with van der Waals surface area (Å²) in [7, 11) is 0. The van der Waals surface area contributed by atoms with E-state index in [0.29, 0.717) is 17.4 Å². The van der Waals surface area contributed by atoms with Gasteiger partial charge in [-0.3, -0.25) is 9.69 Å². The molecule has 0 aromatic heterocycles. The Kier molecular flexibility index (Phi) is 4.93. The fraction of sp³-hybridized carbons (Fsp3) is 0.462. The Bertz CT molecular complexity index is 499. The molecule has 0 unspecified atom stereocenters. The predicted molar refractivity (Wildman–Crippen MR) is 71.8 cm³/mol. The van der Waals surface area contributed by atoms with Crippen LogP contribution in [0.2, 0.25) is 0 Å². The Hall–Kier alpha value is -1.21. The first-order valence-corrected chi connectivity index (χ1v) is 6.97. The number of nitrogens with zero attached hydrogens (tertiary/aromatic N) is 1. The number of likely N-dealkylation sites (tertiary alicyclic amines) is 1. The third kappa shape index (κ3) is 3.67. The minimum atomic E-state index is -2.87. The molecule has 110 valence electrons. The van der Waals surface area contributed by atoms with Crippen LogP contribution in [0.5, 0.6) is 5.75 Å². The molecule has 1 atom stereocenters. The van der Waals surface area contributed by atoms with Crippen LogP contribution in [-0.4, -0.2) is 35.2 Å². The SMILES string of the molecule is O=C(O)[C@@H]1CCCN1Cc1ccc(OC(F)F)c(Br)c1. The smallest absolute Gasteiger partial charge is 0.387 e. The quantitative estimate of drug-likeness (QED) is 0.887. The fourth-order valence-corrected chi connectivity index (χ4v) is 2.88. The summed E-state index contributed by atoms with van der Waals surface area (Å²) in [4.78, 5) is 13.0. The van der Waals surface area contributed by atoms with Gasteiger partial charge in [-0.05, 0) is 53.0 Å². The summed E-state index contributed by atoms with van der Waals surface area (Å²) in [6, 6.07) is 4.33.